The summed E-state index contributed by atoms with van der Waals surface area (Å²) in [4.78, 5) is 13.3. The summed E-state index contributed by atoms with van der Waals surface area (Å²) < 4.78 is 4.63. The molecule has 0 spiro atoms. The van der Waals surface area contributed by atoms with Crippen molar-refractivity contribution in [2.45, 2.75) is 26.7 Å². The van der Waals surface area contributed by atoms with Crippen molar-refractivity contribution in [1.29, 1.82) is 0 Å². The number of rotatable bonds is 3. The number of hydrogen-bond acceptors (Lipinski definition) is 3. The van der Waals surface area contributed by atoms with Gasteiger partial charge >= 0.3 is 5.97 Å². The fourth-order valence-corrected chi connectivity index (χ4v) is 2.33. The van der Waals surface area contributed by atoms with Crippen LogP contribution in [0.2, 0.25) is 0 Å². The number of esters is 1. The second kappa shape index (κ2) is 5.35. The lowest BCUT2D eigenvalue weighted by molar-refractivity contribution is -0.141. The average Bonchev–Trinajstić information content (AvgIpc) is 2.12. The Morgan fingerprint density at radius 1 is 1.36 bits per heavy atom. The molecule has 3 nitrogen and oxygen atoms in total. The van der Waals surface area contributed by atoms with Gasteiger partial charge in [-0.05, 0) is 18.3 Å². The van der Waals surface area contributed by atoms with E-state index in [-0.39, 0.29) is 5.97 Å². The summed E-state index contributed by atoms with van der Waals surface area (Å²) in [5.74, 6) is 1.42. The minimum absolute atomic E-state index is 0.101. The molecule has 0 aromatic heterocycles. The molecule has 0 radical (unpaired) electrons. The number of nitrogens with zero attached hydrogens (tertiary/aromatic N) is 1. The van der Waals surface area contributed by atoms with E-state index >= 15 is 0 Å². The number of hydrogen-bond donors (Lipinski definition) is 0. The third-order valence-corrected chi connectivity index (χ3v) is 2.80. The molecule has 1 aliphatic rings. The summed E-state index contributed by atoms with van der Waals surface area (Å²) in [5.41, 5.74) is 0. The maximum absolute atomic E-state index is 11.0. The Balaban J connectivity index is 2.26. The van der Waals surface area contributed by atoms with Crippen molar-refractivity contribution in [2.75, 3.05) is 26.7 Å². The predicted octanol–water partition coefficient (Wildman–Crippen LogP) is 1.53. The van der Waals surface area contributed by atoms with Crippen LogP contribution in [0.1, 0.15) is 26.7 Å². The van der Waals surface area contributed by atoms with Gasteiger partial charge in [0.05, 0.1) is 13.5 Å². The number of piperidine rings is 1. The van der Waals surface area contributed by atoms with E-state index in [2.05, 4.69) is 23.5 Å². The van der Waals surface area contributed by atoms with Gasteiger partial charge in [-0.25, -0.2) is 0 Å². The molecule has 0 saturated carbocycles. The predicted molar refractivity (Wildman–Crippen MR) is 56.0 cm³/mol. The van der Waals surface area contributed by atoms with Crippen LogP contribution in [0.5, 0.6) is 0 Å². The number of carbonyl (C=O) groups is 1. The van der Waals surface area contributed by atoms with Gasteiger partial charge in [-0.2, -0.15) is 0 Å². The molecule has 1 saturated heterocycles. The third kappa shape index (κ3) is 3.66. The zero-order chi connectivity index (χ0) is 10.6. The van der Waals surface area contributed by atoms with Crippen LogP contribution in [0.15, 0.2) is 0 Å². The van der Waals surface area contributed by atoms with Gasteiger partial charge in [-0.15, -0.1) is 0 Å². The monoisotopic (exact) mass is 199 g/mol. The molecular weight excluding hydrogens is 178 g/mol. The van der Waals surface area contributed by atoms with E-state index in [9.17, 15) is 4.79 Å². The molecule has 0 amide bonds. The Bertz CT molecular complexity index is 184. The highest BCUT2D eigenvalue weighted by atomic mass is 16.5. The van der Waals surface area contributed by atoms with E-state index in [1.165, 1.54) is 13.5 Å². The first-order valence-electron chi connectivity index (χ1n) is 5.41. The molecule has 0 N–H and O–H groups in total. The average molecular weight is 199 g/mol. The van der Waals surface area contributed by atoms with Gasteiger partial charge in [0.2, 0.25) is 0 Å². The molecule has 14 heavy (non-hydrogen) atoms. The molecule has 1 heterocycles. The van der Waals surface area contributed by atoms with Crippen LogP contribution >= 0.6 is 0 Å². The molecule has 1 rings (SSSR count). The Labute approximate surface area is 86.4 Å². The first kappa shape index (κ1) is 11.5. The molecule has 82 valence electrons. The van der Waals surface area contributed by atoms with Crippen LogP contribution in [0.4, 0.5) is 0 Å². The lowest BCUT2D eigenvalue weighted by Crippen LogP contribution is -2.39. The second-order valence-corrected chi connectivity index (χ2v) is 4.53. The zero-order valence-corrected chi connectivity index (χ0v) is 9.45. The second-order valence-electron chi connectivity index (χ2n) is 4.53. The molecular formula is C11H21NO2. The van der Waals surface area contributed by atoms with E-state index in [0.29, 0.717) is 6.42 Å². The highest BCUT2D eigenvalue weighted by molar-refractivity contribution is 5.69. The van der Waals surface area contributed by atoms with Crippen molar-refractivity contribution in [2.24, 2.45) is 11.8 Å². The number of likely N-dealkylation sites (tertiary alicyclic amines) is 1. The Morgan fingerprint density at radius 3 is 2.43 bits per heavy atom. The van der Waals surface area contributed by atoms with E-state index in [1.54, 1.807) is 0 Å². The van der Waals surface area contributed by atoms with Crippen molar-refractivity contribution in [1.82, 2.24) is 4.90 Å². The lowest BCUT2D eigenvalue weighted by atomic mass is 9.92. The molecule has 0 aromatic rings. The molecule has 1 aliphatic heterocycles. The fraction of sp³-hybridized carbons (Fsp3) is 0.909. The summed E-state index contributed by atoms with van der Waals surface area (Å²) in [6.07, 6.45) is 1.84. The molecule has 0 bridgehead atoms. The lowest BCUT2D eigenvalue weighted by Gasteiger charge is -2.34. The fourth-order valence-electron chi connectivity index (χ4n) is 2.33. The molecule has 0 unspecified atom stereocenters. The minimum Gasteiger partial charge on any atom is -0.469 e. The standard InChI is InChI=1S/C11H21NO2/c1-9-6-10(2)8-12(7-9)5-4-11(13)14-3/h9-10H,4-8H2,1-3H3/t9-,10-/m1/s1. The Kier molecular flexibility index (Phi) is 4.39. The summed E-state index contributed by atoms with van der Waals surface area (Å²) in [6, 6.07) is 0. The Hall–Kier alpha value is -0.570. The van der Waals surface area contributed by atoms with Crippen LogP contribution in [-0.2, 0) is 9.53 Å². The summed E-state index contributed by atoms with van der Waals surface area (Å²) in [5, 5.41) is 0. The van der Waals surface area contributed by atoms with Crippen LogP contribution < -0.4 is 0 Å². The van der Waals surface area contributed by atoms with E-state index in [0.717, 1.165) is 31.5 Å². The van der Waals surface area contributed by atoms with Crippen LogP contribution in [-0.4, -0.2) is 37.6 Å². The highest BCUT2D eigenvalue weighted by Gasteiger charge is 2.21. The first-order chi connectivity index (χ1) is 6.61. The van der Waals surface area contributed by atoms with Gasteiger partial charge in [0.15, 0.2) is 0 Å². The van der Waals surface area contributed by atoms with Gasteiger partial charge in [0.1, 0.15) is 0 Å². The van der Waals surface area contributed by atoms with Crippen molar-refractivity contribution in [3.05, 3.63) is 0 Å². The normalized spacial score (nSPS) is 28.8. The van der Waals surface area contributed by atoms with Gasteiger partial charge in [-0.1, -0.05) is 13.8 Å². The number of ether oxygens (including phenoxy) is 1. The van der Waals surface area contributed by atoms with Crippen LogP contribution in [0.3, 0.4) is 0 Å². The van der Waals surface area contributed by atoms with E-state index in [4.69, 9.17) is 0 Å². The largest absolute Gasteiger partial charge is 0.469 e. The topological polar surface area (TPSA) is 29.5 Å². The number of methoxy groups -OCH3 is 1. The van der Waals surface area contributed by atoms with Crippen LogP contribution in [0.25, 0.3) is 0 Å². The van der Waals surface area contributed by atoms with Gasteiger partial charge in [0.25, 0.3) is 0 Å². The SMILES string of the molecule is COC(=O)CCN1C[C@H](C)C[C@@H](C)C1. The van der Waals surface area contributed by atoms with Crippen molar-refractivity contribution in [3.63, 3.8) is 0 Å². The van der Waals surface area contributed by atoms with Crippen molar-refractivity contribution < 1.29 is 9.53 Å². The Morgan fingerprint density at radius 2 is 1.93 bits per heavy atom. The molecule has 1 fully saturated rings. The minimum atomic E-state index is -0.101. The molecule has 2 atom stereocenters. The van der Waals surface area contributed by atoms with Crippen LogP contribution in [0, 0.1) is 11.8 Å². The van der Waals surface area contributed by atoms with Gasteiger partial charge in [0, 0.05) is 19.6 Å². The molecule has 0 aromatic carbocycles. The summed E-state index contributed by atoms with van der Waals surface area (Å²) >= 11 is 0. The van der Waals surface area contributed by atoms with E-state index in [1.807, 2.05) is 0 Å². The zero-order valence-electron chi connectivity index (χ0n) is 9.45. The van der Waals surface area contributed by atoms with Crippen molar-refractivity contribution >= 4 is 5.97 Å². The molecule has 0 aliphatic carbocycles. The third-order valence-electron chi connectivity index (χ3n) is 2.80. The molecule has 3 heteroatoms. The van der Waals surface area contributed by atoms with Gasteiger partial charge < -0.3 is 9.64 Å². The highest BCUT2D eigenvalue weighted by Crippen LogP contribution is 2.20. The first-order valence-corrected chi connectivity index (χ1v) is 5.41. The maximum atomic E-state index is 11.0. The van der Waals surface area contributed by atoms with Crippen molar-refractivity contribution in [3.8, 4) is 0 Å². The summed E-state index contributed by atoms with van der Waals surface area (Å²) in [7, 11) is 1.45. The van der Waals surface area contributed by atoms with E-state index < -0.39 is 0 Å². The van der Waals surface area contributed by atoms with Gasteiger partial charge in [-0.3, -0.25) is 4.79 Å². The number of carbonyl (C=O) groups excluding carboxylic acids is 1. The summed E-state index contributed by atoms with van der Waals surface area (Å²) in [6.45, 7) is 7.66. The maximum Gasteiger partial charge on any atom is 0.306 e. The smallest absolute Gasteiger partial charge is 0.306 e. The quantitative estimate of drug-likeness (QED) is 0.646.